The number of thioether (sulfide) groups is 1. The van der Waals surface area contributed by atoms with Crippen LogP contribution in [0, 0.1) is 0 Å². The van der Waals surface area contributed by atoms with Crippen molar-refractivity contribution in [2.45, 2.75) is 0 Å². The number of carbonyl (C=O) groups is 1. The quantitative estimate of drug-likeness (QED) is 0.297. The minimum atomic E-state index is 0. The summed E-state index contributed by atoms with van der Waals surface area (Å²) in [7, 11) is 1.58. The molecular weight excluding hydrogens is 217 g/mol. The van der Waals surface area contributed by atoms with Crippen molar-refractivity contribution in [2.75, 3.05) is 13.3 Å². The fourth-order valence-corrected chi connectivity index (χ4v) is 0.579. The molecule has 0 rings (SSSR count). The van der Waals surface area contributed by atoms with Gasteiger partial charge in [0.15, 0.2) is 4.32 Å². The van der Waals surface area contributed by atoms with Crippen LogP contribution in [0.5, 0.6) is 0 Å². The Morgan fingerprint density at radius 3 is 2.60 bits per heavy atom. The Bertz CT molecular complexity index is 122. The molecule has 0 N–H and O–H groups in total. The van der Waals surface area contributed by atoms with E-state index in [1.165, 1.54) is 16.8 Å². The van der Waals surface area contributed by atoms with Gasteiger partial charge in [-0.15, -0.1) is 0 Å². The first-order valence-corrected chi connectivity index (χ1v) is 3.77. The van der Waals surface area contributed by atoms with Crippen LogP contribution >= 0.6 is 24.0 Å². The van der Waals surface area contributed by atoms with E-state index in [-0.39, 0.29) is 16.5 Å². The molecule has 0 aromatic carbocycles. The summed E-state index contributed by atoms with van der Waals surface area (Å²) < 4.78 is 0.530. The Hall–Kier alpha value is 0.204. The van der Waals surface area contributed by atoms with E-state index in [0.29, 0.717) is 10.8 Å². The van der Waals surface area contributed by atoms with E-state index in [2.05, 4.69) is 4.84 Å². The zero-order chi connectivity index (χ0) is 7.28. The second-order valence-corrected chi connectivity index (χ2v) is 2.61. The average molecular weight is 224 g/mol. The summed E-state index contributed by atoms with van der Waals surface area (Å²) in [4.78, 5) is 14.1. The summed E-state index contributed by atoms with van der Waals surface area (Å²) in [5.74, 6) is 0. The molecule has 0 unspecified atom stereocenters. The van der Waals surface area contributed by atoms with Gasteiger partial charge in [0.2, 0.25) is 0 Å². The second-order valence-electron chi connectivity index (χ2n) is 1.17. The Kier molecular flexibility index (Phi) is 9.39. The molecule has 0 saturated carbocycles. The Labute approximate surface area is 79.4 Å². The van der Waals surface area contributed by atoms with E-state index in [1.807, 2.05) is 6.26 Å². The van der Waals surface area contributed by atoms with Crippen molar-refractivity contribution in [3.8, 4) is 0 Å². The van der Waals surface area contributed by atoms with Gasteiger partial charge in [0.25, 0.3) is 0 Å². The van der Waals surface area contributed by atoms with Gasteiger partial charge < -0.3 is 4.84 Å². The van der Waals surface area contributed by atoms with Crippen LogP contribution in [0.3, 0.4) is 0 Å². The van der Waals surface area contributed by atoms with Gasteiger partial charge in [-0.2, -0.15) is 5.06 Å². The average Bonchev–Trinajstić information content (AvgIpc) is 1.87. The SMILES string of the molecule is CSC(=S)N(C)OC=O.[Ni]. The van der Waals surface area contributed by atoms with Gasteiger partial charge in [-0.3, -0.25) is 4.79 Å². The molecule has 0 atom stereocenters. The van der Waals surface area contributed by atoms with Gasteiger partial charge in [0, 0.05) is 23.5 Å². The van der Waals surface area contributed by atoms with E-state index in [4.69, 9.17) is 12.2 Å². The molecule has 10 heavy (non-hydrogen) atoms. The molecule has 0 aromatic rings. The van der Waals surface area contributed by atoms with E-state index in [0.717, 1.165) is 0 Å². The van der Waals surface area contributed by atoms with Crippen molar-refractivity contribution in [1.29, 1.82) is 0 Å². The Morgan fingerprint density at radius 2 is 2.30 bits per heavy atom. The van der Waals surface area contributed by atoms with Crippen LogP contribution in [-0.4, -0.2) is 29.2 Å². The fraction of sp³-hybridized carbons (Fsp3) is 0.500. The van der Waals surface area contributed by atoms with Gasteiger partial charge in [0.05, 0.1) is 0 Å². The minimum absolute atomic E-state index is 0. The number of hydroxylamine groups is 2. The number of carbonyl (C=O) groups excluding carboxylic acids is 1. The van der Waals surface area contributed by atoms with E-state index >= 15 is 0 Å². The second kappa shape index (κ2) is 7.31. The summed E-state index contributed by atoms with van der Waals surface area (Å²) in [5.41, 5.74) is 0. The van der Waals surface area contributed by atoms with Crippen LogP contribution in [0.4, 0.5) is 0 Å². The predicted molar refractivity (Wildman–Crippen MR) is 41.0 cm³/mol. The van der Waals surface area contributed by atoms with Crippen molar-refractivity contribution in [3.05, 3.63) is 0 Å². The summed E-state index contributed by atoms with van der Waals surface area (Å²) in [6.45, 7) is 0.336. The minimum Gasteiger partial charge on any atom is -0.343 e. The molecule has 0 bridgehead atoms. The van der Waals surface area contributed by atoms with Crippen molar-refractivity contribution in [2.24, 2.45) is 0 Å². The summed E-state index contributed by atoms with van der Waals surface area (Å²) in [6, 6.07) is 0. The Morgan fingerprint density at radius 1 is 1.80 bits per heavy atom. The van der Waals surface area contributed by atoms with E-state index in [9.17, 15) is 4.79 Å². The van der Waals surface area contributed by atoms with Crippen molar-refractivity contribution in [1.82, 2.24) is 5.06 Å². The molecule has 6 heteroatoms. The molecule has 0 aromatic heterocycles. The summed E-state index contributed by atoms with van der Waals surface area (Å²) >= 11 is 6.09. The Balaban J connectivity index is 0. The maximum absolute atomic E-state index is 9.70. The third-order valence-electron chi connectivity index (χ3n) is 0.633. The first-order chi connectivity index (χ1) is 4.22. The van der Waals surface area contributed by atoms with Gasteiger partial charge >= 0.3 is 6.47 Å². The van der Waals surface area contributed by atoms with Gasteiger partial charge in [-0.05, 0) is 18.5 Å². The van der Waals surface area contributed by atoms with Crippen LogP contribution in [-0.2, 0) is 26.1 Å². The summed E-state index contributed by atoms with van der Waals surface area (Å²) in [6.07, 6.45) is 1.81. The predicted octanol–water partition coefficient (Wildman–Crippen LogP) is 0.652. The number of rotatable bonds is 2. The first kappa shape index (κ1) is 12.8. The monoisotopic (exact) mass is 223 g/mol. The van der Waals surface area contributed by atoms with Crippen LogP contribution in [0.1, 0.15) is 0 Å². The van der Waals surface area contributed by atoms with Crippen LogP contribution in [0.2, 0.25) is 0 Å². The van der Waals surface area contributed by atoms with Crippen molar-refractivity contribution >= 4 is 34.8 Å². The molecule has 0 aliphatic carbocycles. The van der Waals surface area contributed by atoms with Crippen LogP contribution in [0.25, 0.3) is 0 Å². The van der Waals surface area contributed by atoms with Crippen LogP contribution < -0.4 is 0 Å². The van der Waals surface area contributed by atoms with Gasteiger partial charge in [0.1, 0.15) is 0 Å². The summed E-state index contributed by atoms with van der Waals surface area (Å²) in [5, 5.41) is 1.23. The third-order valence-corrected chi connectivity index (χ3v) is 2.00. The normalized spacial score (nSPS) is 7.40. The fourth-order valence-electron chi connectivity index (χ4n) is 0.236. The number of thiocarbonyl (C=S) groups is 1. The topological polar surface area (TPSA) is 29.5 Å². The molecule has 0 fully saturated rings. The number of hydrogen-bond donors (Lipinski definition) is 0. The molecule has 0 saturated heterocycles. The maximum atomic E-state index is 9.70. The van der Waals surface area contributed by atoms with Gasteiger partial charge in [-0.25, -0.2) is 0 Å². The van der Waals surface area contributed by atoms with Crippen molar-refractivity contribution < 1.29 is 26.1 Å². The van der Waals surface area contributed by atoms with E-state index < -0.39 is 0 Å². The maximum Gasteiger partial charge on any atom is 0.320 e. The molecule has 3 nitrogen and oxygen atoms in total. The molecule has 0 aliphatic rings. The molecule has 0 amide bonds. The van der Waals surface area contributed by atoms with E-state index in [1.54, 1.807) is 7.05 Å². The smallest absolute Gasteiger partial charge is 0.320 e. The molecular formula is C4H7NNiO2S2. The van der Waals surface area contributed by atoms with Gasteiger partial charge in [-0.1, -0.05) is 11.8 Å². The first-order valence-electron chi connectivity index (χ1n) is 2.14. The standard InChI is InChI=1S/C4H7NO2S2.Ni/c1-5(7-3-6)4(8)9-2;/h3H,1-2H3;. The zero-order valence-corrected chi connectivity index (χ0v) is 8.09. The third kappa shape index (κ3) is 5.03. The van der Waals surface area contributed by atoms with Crippen LogP contribution in [0.15, 0.2) is 0 Å². The molecule has 0 heterocycles. The number of hydrogen-bond acceptors (Lipinski definition) is 4. The van der Waals surface area contributed by atoms with Crippen molar-refractivity contribution in [3.63, 3.8) is 0 Å². The molecule has 0 radical (unpaired) electrons. The number of nitrogens with zero attached hydrogens (tertiary/aromatic N) is 1. The largest absolute Gasteiger partial charge is 0.343 e. The molecule has 0 spiro atoms. The zero-order valence-electron chi connectivity index (χ0n) is 5.47. The molecule has 62 valence electrons. The molecule has 0 aliphatic heterocycles.